The molecule has 0 heterocycles. The Morgan fingerprint density at radius 1 is 1.44 bits per heavy atom. The fourth-order valence-corrected chi connectivity index (χ4v) is 2.38. The number of alkyl halides is 2. The monoisotopic (exact) mass is 227 g/mol. The zero-order chi connectivity index (χ0) is 11.8. The summed E-state index contributed by atoms with van der Waals surface area (Å²) in [4.78, 5) is 0. The van der Waals surface area contributed by atoms with Gasteiger partial charge in [0.05, 0.1) is 7.11 Å². The van der Waals surface area contributed by atoms with Crippen LogP contribution in [0.25, 0.3) is 0 Å². The number of benzene rings is 1. The van der Waals surface area contributed by atoms with Gasteiger partial charge in [-0.15, -0.1) is 0 Å². The largest absolute Gasteiger partial charge is 0.497 e. The van der Waals surface area contributed by atoms with E-state index in [0.29, 0.717) is 24.2 Å². The summed E-state index contributed by atoms with van der Waals surface area (Å²) < 4.78 is 31.5. The minimum absolute atomic E-state index is 0.434. The molecular formula is C12H15F2NO. The van der Waals surface area contributed by atoms with Gasteiger partial charge < -0.3 is 10.1 Å². The Labute approximate surface area is 93.6 Å². The third-order valence-electron chi connectivity index (χ3n) is 3.40. The van der Waals surface area contributed by atoms with Crippen molar-refractivity contribution in [1.82, 2.24) is 5.32 Å². The average molecular weight is 227 g/mol. The first kappa shape index (κ1) is 11.3. The maximum atomic E-state index is 13.2. The Morgan fingerprint density at radius 3 is 2.75 bits per heavy atom. The van der Waals surface area contributed by atoms with E-state index in [4.69, 9.17) is 4.74 Å². The van der Waals surface area contributed by atoms with Crippen molar-refractivity contribution in [3.63, 3.8) is 0 Å². The lowest BCUT2D eigenvalue weighted by Crippen LogP contribution is -2.44. The van der Waals surface area contributed by atoms with Gasteiger partial charge in [0.1, 0.15) is 11.3 Å². The summed E-state index contributed by atoms with van der Waals surface area (Å²) in [7, 11) is 3.13. The molecule has 0 fully saturated rings. The smallest absolute Gasteiger partial charge is 0.260 e. The molecule has 0 saturated carbocycles. The number of fused-ring (bicyclic) bond motifs is 1. The molecule has 1 aromatic rings. The van der Waals surface area contributed by atoms with Gasteiger partial charge >= 0.3 is 0 Å². The van der Waals surface area contributed by atoms with E-state index < -0.39 is 12.0 Å². The lowest BCUT2D eigenvalue weighted by Gasteiger charge is -2.29. The van der Waals surface area contributed by atoms with Crippen molar-refractivity contribution in [3.05, 3.63) is 29.3 Å². The van der Waals surface area contributed by atoms with Crippen LogP contribution < -0.4 is 10.1 Å². The first-order chi connectivity index (χ1) is 7.64. The van der Waals surface area contributed by atoms with Crippen LogP contribution in [0.5, 0.6) is 5.75 Å². The summed E-state index contributed by atoms with van der Waals surface area (Å²) in [6.45, 7) is 0. The van der Waals surface area contributed by atoms with Crippen LogP contribution in [0.3, 0.4) is 0 Å². The minimum atomic E-state index is -2.41. The number of hydrogen-bond acceptors (Lipinski definition) is 2. The highest BCUT2D eigenvalue weighted by molar-refractivity contribution is 5.44. The molecule has 1 unspecified atom stereocenters. The predicted octanol–water partition coefficient (Wildman–Crippen LogP) is 2.32. The Kier molecular flexibility index (Phi) is 2.84. The van der Waals surface area contributed by atoms with Crippen LogP contribution in [0.4, 0.5) is 8.78 Å². The second-order valence-corrected chi connectivity index (χ2v) is 4.05. The molecular weight excluding hydrogens is 212 g/mol. The normalized spacial score (nSPS) is 23.6. The van der Waals surface area contributed by atoms with Crippen molar-refractivity contribution in [2.75, 3.05) is 14.2 Å². The minimum Gasteiger partial charge on any atom is -0.497 e. The van der Waals surface area contributed by atoms with Gasteiger partial charge in [0.25, 0.3) is 6.43 Å². The van der Waals surface area contributed by atoms with E-state index in [2.05, 4.69) is 5.32 Å². The number of nitrogens with one attached hydrogen (secondary N) is 1. The first-order valence-electron chi connectivity index (χ1n) is 5.28. The van der Waals surface area contributed by atoms with Crippen molar-refractivity contribution >= 4 is 0 Å². The van der Waals surface area contributed by atoms with E-state index in [0.717, 1.165) is 5.56 Å². The Balaban J connectivity index is 2.51. The van der Waals surface area contributed by atoms with Gasteiger partial charge in [-0.3, -0.25) is 0 Å². The molecule has 0 bridgehead atoms. The fraction of sp³-hybridized carbons (Fsp3) is 0.500. The first-order valence-corrected chi connectivity index (χ1v) is 5.28. The number of rotatable bonds is 3. The molecule has 1 aliphatic carbocycles. The molecule has 0 saturated heterocycles. The van der Waals surface area contributed by atoms with Crippen LogP contribution in [0.2, 0.25) is 0 Å². The number of hydrogen-bond donors (Lipinski definition) is 1. The summed E-state index contributed by atoms with van der Waals surface area (Å²) in [5.74, 6) is 0.626. The molecule has 0 radical (unpaired) electrons. The van der Waals surface area contributed by atoms with Crippen LogP contribution in [0.15, 0.2) is 18.2 Å². The number of halogens is 2. The molecule has 16 heavy (non-hydrogen) atoms. The van der Waals surface area contributed by atoms with Crippen LogP contribution in [0, 0.1) is 0 Å². The third-order valence-corrected chi connectivity index (χ3v) is 3.40. The lowest BCUT2D eigenvalue weighted by molar-refractivity contribution is 0.0327. The number of methoxy groups -OCH3 is 1. The van der Waals surface area contributed by atoms with Gasteiger partial charge in [-0.1, -0.05) is 6.07 Å². The molecule has 0 aromatic heterocycles. The molecule has 0 spiro atoms. The second-order valence-electron chi connectivity index (χ2n) is 4.05. The molecule has 1 atom stereocenters. The number of aryl methyl sites for hydroxylation is 1. The molecule has 2 nitrogen and oxygen atoms in total. The summed E-state index contributed by atoms with van der Waals surface area (Å²) in [6.07, 6.45) is -1.29. The average Bonchev–Trinajstić information content (AvgIpc) is 2.67. The van der Waals surface area contributed by atoms with Gasteiger partial charge in [0.15, 0.2) is 0 Å². The highest BCUT2D eigenvalue weighted by atomic mass is 19.3. The third kappa shape index (κ3) is 1.48. The Morgan fingerprint density at radius 2 is 2.19 bits per heavy atom. The van der Waals surface area contributed by atoms with E-state index in [-0.39, 0.29) is 0 Å². The van der Waals surface area contributed by atoms with E-state index in [1.165, 1.54) is 0 Å². The molecule has 0 aliphatic heterocycles. The molecule has 88 valence electrons. The summed E-state index contributed by atoms with van der Waals surface area (Å²) in [5.41, 5.74) is 0.448. The van der Waals surface area contributed by atoms with Crippen molar-refractivity contribution < 1.29 is 13.5 Å². The van der Waals surface area contributed by atoms with Crippen LogP contribution in [0.1, 0.15) is 17.5 Å². The highest BCUT2D eigenvalue weighted by Crippen LogP contribution is 2.42. The summed E-state index contributed by atoms with van der Waals surface area (Å²) >= 11 is 0. The highest BCUT2D eigenvalue weighted by Gasteiger charge is 2.45. The van der Waals surface area contributed by atoms with Gasteiger partial charge in [-0.05, 0) is 43.1 Å². The topological polar surface area (TPSA) is 21.3 Å². The van der Waals surface area contributed by atoms with E-state index in [1.807, 2.05) is 12.1 Å². The molecule has 4 heteroatoms. The van der Waals surface area contributed by atoms with Crippen LogP contribution in [-0.4, -0.2) is 20.6 Å². The van der Waals surface area contributed by atoms with E-state index in [1.54, 1.807) is 20.2 Å². The van der Waals surface area contributed by atoms with Crippen molar-refractivity contribution in [2.24, 2.45) is 0 Å². The molecule has 1 aliphatic rings. The van der Waals surface area contributed by atoms with Crippen LogP contribution >= 0.6 is 0 Å². The van der Waals surface area contributed by atoms with Crippen molar-refractivity contribution in [1.29, 1.82) is 0 Å². The molecule has 1 aromatic carbocycles. The van der Waals surface area contributed by atoms with Gasteiger partial charge in [0.2, 0.25) is 0 Å². The molecule has 2 rings (SSSR count). The number of ether oxygens (including phenoxy) is 1. The SMILES string of the molecule is CNC1(C(F)F)CCc2ccc(OC)cc21. The van der Waals surface area contributed by atoms with Crippen LogP contribution in [-0.2, 0) is 12.0 Å². The zero-order valence-electron chi connectivity index (χ0n) is 9.39. The molecule has 1 N–H and O–H groups in total. The predicted molar refractivity (Wildman–Crippen MR) is 58.1 cm³/mol. The fourth-order valence-electron chi connectivity index (χ4n) is 2.38. The Hall–Kier alpha value is -1.16. The quantitative estimate of drug-likeness (QED) is 0.855. The second kappa shape index (κ2) is 4.01. The van der Waals surface area contributed by atoms with E-state index in [9.17, 15) is 8.78 Å². The van der Waals surface area contributed by atoms with Gasteiger partial charge in [0, 0.05) is 0 Å². The van der Waals surface area contributed by atoms with Gasteiger partial charge in [-0.2, -0.15) is 0 Å². The zero-order valence-corrected chi connectivity index (χ0v) is 9.39. The van der Waals surface area contributed by atoms with Crippen molar-refractivity contribution in [2.45, 2.75) is 24.8 Å². The van der Waals surface area contributed by atoms with Crippen molar-refractivity contribution in [3.8, 4) is 5.75 Å². The summed E-state index contributed by atoms with van der Waals surface area (Å²) in [6, 6.07) is 5.40. The maximum Gasteiger partial charge on any atom is 0.260 e. The standard InChI is InChI=1S/C12H15F2NO/c1-15-12(11(13)14)6-5-8-3-4-9(16-2)7-10(8)12/h3-4,7,11,15H,5-6H2,1-2H3. The Bertz CT molecular complexity index is 395. The maximum absolute atomic E-state index is 13.2. The molecule has 0 amide bonds. The lowest BCUT2D eigenvalue weighted by atomic mass is 9.92. The van der Waals surface area contributed by atoms with Gasteiger partial charge in [-0.25, -0.2) is 8.78 Å². The summed E-state index contributed by atoms with van der Waals surface area (Å²) in [5, 5.41) is 2.78. The van der Waals surface area contributed by atoms with E-state index >= 15 is 0 Å².